The van der Waals surface area contributed by atoms with Crippen molar-refractivity contribution in [3.63, 3.8) is 0 Å². The molecule has 13 nitrogen and oxygen atoms in total. The van der Waals surface area contributed by atoms with Crippen LogP contribution in [0.2, 0.25) is 0 Å². The zero-order chi connectivity index (χ0) is 51.1. The normalized spacial score (nSPS) is 13.2. The van der Waals surface area contributed by atoms with Crippen molar-refractivity contribution >= 4 is 41.7 Å². The quantitative estimate of drug-likeness (QED) is 0.0309. The Morgan fingerprint density at radius 2 is 1.07 bits per heavy atom. The largest absolute Gasteiger partial charge is 0.494 e. The molecule has 0 radical (unpaired) electrons. The molecule has 6 aromatic rings. The molecule has 6 aromatic carbocycles. The second-order valence-corrected chi connectivity index (χ2v) is 19.4. The Morgan fingerprint density at radius 3 is 1.58 bits per heavy atom. The van der Waals surface area contributed by atoms with E-state index in [1.807, 2.05) is 146 Å². The van der Waals surface area contributed by atoms with Crippen molar-refractivity contribution in [3.05, 3.63) is 197 Å². The van der Waals surface area contributed by atoms with Gasteiger partial charge in [0.25, 0.3) is 0 Å². The first-order valence-corrected chi connectivity index (χ1v) is 25.2. The van der Waals surface area contributed by atoms with Crippen molar-refractivity contribution in [2.24, 2.45) is 0 Å². The number of fused-ring (bicyclic) bond motifs is 3. The van der Waals surface area contributed by atoms with Crippen LogP contribution in [0.3, 0.4) is 0 Å². The summed E-state index contributed by atoms with van der Waals surface area (Å²) in [6.45, 7) is 8.67. The average molecular weight is 991 g/mol. The maximum absolute atomic E-state index is 14.5. The van der Waals surface area contributed by atoms with E-state index in [1.165, 1.54) is 11.8 Å². The van der Waals surface area contributed by atoms with Crippen LogP contribution in [0.15, 0.2) is 164 Å². The van der Waals surface area contributed by atoms with Gasteiger partial charge in [-0.25, -0.2) is 14.4 Å². The number of benzene rings is 6. The van der Waals surface area contributed by atoms with Crippen molar-refractivity contribution < 1.29 is 42.9 Å². The Hall–Kier alpha value is -7.58. The molecule has 0 fully saturated rings. The van der Waals surface area contributed by atoms with Crippen molar-refractivity contribution in [2.45, 2.75) is 82.0 Å². The molecule has 0 aromatic heterocycles. The van der Waals surface area contributed by atoms with Gasteiger partial charge in [-0.3, -0.25) is 9.59 Å². The summed E-state index contributed by atoms with van der Waals surface area (Å²) in [6, 6.07) is 49.2. The number of ether oxygens (including phenoxy) is 4. The minimum absolute atomic E-state index is 0.0273. The van der Waals surface area contributed by atoms with Gasteiger partial charge in [0.05, 0.1) is 17.9 Å². The van der Waals surface area contributed by atoms with Crippen molar-refractivity contribution in [1.82, 2.24) is 21.3 Å². The molecular weight excluding hydrogens is 929 g/mol. The van der Waals surface area contributed by atoms with E-state index in [-0.39, 0.29) is 31.3 Å². The molecule has 14 heteroatoms. The number of amides is 4. The number of thioether (sulfide) groups is 1. The first-order chi connectivity index (χ1) is 34.8. The molecule has 0 heterocycles. The van der Waals surface area contributed by atoms with Gasteiger partial charge in [-0.1, -0.05) is 159 Å². The zero-order valence-corrected chi connectivity index (χ0v) is 42.0. The summed E-state index contributed by atoms with van der Waals surface area (Å²) in [7, 11) is 0. The lowest BCUT2D eigenvalue weighted by Crippen LogP contribution is -2.58. The smallest absolute Gasteiger partial charge is 0.408 e. The van der Waals surface area contributed by atoms with E-state index in [0.717, 1.165) is 38.9 Å². The van der Waals surface area contributed by atoms with Crippen LogP contribution < -0.4 is 26.0 Å². The van der Waals surface area contributed by atoms with Gasteiger partial charge in [0, 0.05) is 11.7 Å². The van der Waals surface area contributed by atoms with Gasteiger partial charge in [0.15, 0.2) is 0 Å². The maximum atomic E-state index is 14.5. The number of alkyl carbamates (subject to hydrolysis) is 2. The van der Waals surface area contributed by atoms with Gasteiger partial charge in [-0.15, -0.1) is 11.8 Å². The van der Waals surface area contributed by atoms with Crippen molar-refractivity contribution in [1.29, 1.82) is 0 Å². The van der Waals surface area contributed by atoms with E-state index in [4.69, 9.17) is 18.9 Å². The van der Waals surface area contributed by atoms with Gasteiger partial charge < -0.3 is 40.2 Å². The fourth-order valence-corrected chi connectivity index (χ4v) is 10.2. The van der Waals surface area contributed by atoms with Crippen LogP contribution in [0.1, 0.15) is 80.3 Å². The Bertz CT molecular complexity index is 2630. The fraction of sp³-hybridized carbons (Fsp3) is 0.293. The molecule has 0 aliphatic heterocycles. The van der Waals surface area contributed by atoms with E-state index in [0.29, 0.717) is 17.9 Å². The van der Waals surface area contributed by atoms with Gasteiger partial charge in [-0.2, -0.15) is 0 Å². The third-order valence-electron chi connectivity index (χ3n) is 12.1. The molecule has 1 aliphatic rings. The van der Waals surface area contributed by atoms with Crippen molar-refractivity contribution in [3.8, 4) is 16.9 Å². The highest BCUT2D eigenvalue weighted by Crippen LogP contribution is 2.49. The third kappa shape index (κ3) is 13.2. The highest BCUT2D eigenvalue weighted by molar-refractivity contribution is 8.00. The standard InChI is InChI=1S/C58H62N4O9S/c1-6-49(60-53(64)50(62-56(67)71-57(3,4)5)35-59-55(66)70-37-48-46-29-19-17-27-44(46)45-28-18-20-30-47(45)48)52(63)61-51(54(65)69-36-39-31-33-43(34-32-39)68-7-2)38-72-58(40-21-11-8-12-22-40,41-23-13-9-14-24-41)42-25-15-10-16-26-42/h8-34,48-51H,6-7,35-38H2,1-5H3,(H,59,66)(H,60,64)(H,61,63)(H,62,67)/t49-,50-,51-/m0/s1. The number of carbonyl (C=O) groups is 5. The third-order valence-corrected chi connectivity index (χ3v) is 13.7. The lowest BCUT2D eigenvalue weighted by Gasteiger charge is -2.36. The van der Waals surface area contributed by atoms with E-state index in [9.17, 15) is 24.0 Å². The topological polar surface area (TPSA) is 170 Å². The van der Waals surface area contributed by atoms with Gasteiger partial charge in [-0.05, 0) is 90.8 Å². The van der Waals surface area contributed by atoms with Crippen LogP contribution in [-0.2, 0) is 39.9 Å². The Labute approximate surface area is 425 Å². The summed E-state index contributed by atoms with van der Waals surface area (Å²) < 4.78 is 21.9. The molecule has 3 atom stereocenters. The van der Waals surface area contributed by atoms with E-state index in [2.05, 4.69) is 21.3 Å². The molecule has 72 heavy (non-hydrogen) atoms. The van der Waals surface area contributed by atoms with Crippen molar-refractivity contribution in [2.75, 3.05) is 25.5 Å². The van der Waals surface area contributed by atoms with Crippen LogP contribution in [0, 0.1) is 0 Å². The lowest BCUT2D eigenvalue weighted by molar-refractivity contribution is -0.148. The number of hydrogen-bond acceptors (Lipinski definition) is 10. The van der Waals surface area contributed by atoms with Crippen LogP contribution >= 0.6 is 11.8 Å². The minimum atomic E-state index is -1.41. The molecular formula is C58H62N4O9S. The van der Waals surface area contributed by atoms with Gasteiger partial charge in [0.2, 0.25) is 11.8 Å². The molecule has 4 amide bonds. The number of nitrogens with one attached hydrogen (secondary N) is 4. The molecule has 7 rings (SSSR count). The number of rotatable bonds is 21. The molecule has 374 valence electrons. The molecule has 0 saturated carbocycles. The highest BCUT2D eigenvalue weighted by Gasteiger charge is 2.40. The zero-order valence-electron chi connectivity index (χ0n) is 41.2. The molecule has 0 bridgehead atoms. The second kappa shape index (κ2) is 24.5. The summed E-state index contributed by atoms with van der Waals surface area (Å²) in [5.41, 5.74) is 6.86. The van der Waals surface area contributed by atoms with E-state index < -0.39 is 65.0 Å². The molecule has 0 saturated heterocycles. The molecule has 1 aliphatic carbocycles. The maximum Gasteiger partial charge on any atom is 0.408 e. The average Bonchev–Trinajstić information content (AvgIpc) is 3.71. The Morgan fingerprint density at radius 1 is 0.569 bits per heavy atom. The summed E-state index contributed by atoms with van der Waals surface area (Å²) in [5.74, 6) is -1.63. The van der Waals surface area contributed by atoms with Crippen LogP contribution in [0.25, 0.3) is 11.1 Å². The van der Waals surface area contributed by atoms with E-state index >= 15 is 0 Å². The summed E-state index contributed by atoms with van der Waals surface area (Å²) in [4.78, 5) is 69.4. The molecule has 0 spiro atoms. The second-order valence-electron chi connectivity index (χ2n) is 18.2. The number of carbonyl (C=O) groups excluding carboxylic acids is 5. The summed E-state index contributed by atoms with van der Waals surface area (Å²) >= 11 is 1.47. The van der Waals surface area contributed by atoms with Crippen LogP contribution in [-0.4, -0.2) is 79.2 Å². The number of esters is 1. The molecule has 4 N–H and O–H groups in total. The van der Waals surface area contributed by atoms with Crippen LogP contribution in [0.4, 0.5) is 9.59 Å². The fourth-order valence-electron chi connectivity index (χ4n) is 8.64. The highest BCUT2D eigenvalue weighted by atomic mass is 32.2. The summed E-state index contributed by atoms with van der Waals surface area (Å²) in [5, 5.41) is 10.8. The predicted molar refractivity (Wildman–Crippen MR) is 279 cm³/mol. The summed E-state index contributed by atoms with van der Waals surface area (Å²) in [6.07, 6.45) is -1.63. The minimum Gasteiger partial charge on any atom is -0.494 e. The van der Waals surface area contributed by atoms with Gasteiger partial charge in [0.1, 0.15) is 42.7 Å². The Balaban J connectivity index is 1.09. The number of hydrogen-bond donors (Lipinski definition) is 4. The first kappa shape index (κ1) is 52.2. The Kier molecular flexibility index (Phi) is 17.8. The van der Waals surface area contributed by atoms with Gasteiger partial charge >= 0.3 is 18.2 Å². The SMILES string of the molecule is CCOc1ccc(COC(=O)[C@H](CSC(c2ccccc2)(c2ccccc2)c2ccccc2)NC(=O)[C@H](CC)NC(=O)[C@H](CNC(=O)OCC2c3ccccc3-c3ccccc32)NC(=O)OC(C)(C)C)cc1. The van der Waals surface area contributed by atoms with Crippen LogP contribution in [0.5, 0.6) is 5.75 Å². The lowest BCUT2D eigenvalue weighted by atomic mass is 9.84. The monoisotopic (exact) mass is 990 g/mol. The predicted octanol–water partition coefficient (Wildman–Crippen LogP) is 9.67. The first-order valence-electron chi connectivity index (χ1n) is 24.2. The van der Waals surface area contributed by atoms with E-state index in [1.54, 1.807) is 52.0 Å². The molecule has 0 unspecified atom stereocenters.